The number of nitriles is 1. The lowest BCUT2D eigenvalue weighted by atomic mass is 10.0. The molecular weight excluding hydrogens is 224 g/mol. The maximum atomic E-state index is 8.89. The summed E-state index contributed by atoms with van der Waals surface area (Å²) in [7, 11) is 2.12. The molecule has 18 heavy (non-hydrogen) atoms. The van der Waals surface area contributed by atoms with Crippen LogP contribution in [0, 0.1) is 11.3 Å². The van der Waals surface area contributed by atoms with E-state index in [1.807, 2.05) is 12.3 Å². The van der Waals surface area contributed by atoms with Crippen LogP contribution in [0.4, 0.5) is 0 Å². The van der Waals surface area contributed by atoms with Crippen LogP contribution >= 0.6 is 0 Å². The Labute approximate surface area is 109 Å². The number of hydrogen-bond acceptors (Lipinski definition) is 4. The highest BCUT2D eigenvalue weighted by atomic mass is 15.3. The molecule has 0 aliphatic carbocycles. The Morgan fingerprint density at radius 1 is 1.50 bits per heavy atom. The lowest BCUT2D eigenvalue weighted by Gasteiger charge is -2.43. The van der Waals surface area contributed by atoms with E-state index in [0.717, 1.165) is 19.6 Å². The van der Waals surface area contributed by atoms with Gasteiger partial charge in [0.1, 0.15) is 0 Å². The second-order valence-corrected chi connectivity index (χ2v) is 5.09. The third-order valence-corrected chi connectivity index (χ3v) is 3.72. The highest BCUT2D eigenvalue weighted by Gasteiger charge is 2.28. The zero-order chi connectivity index (χ0) is 13.0. The minimum Gasteiger partial charge on any atom is -0.297 e. The standard InChI is InChI=1S/C14H20N4/c1-12-9-18(10-13-4-3-7-16-8-13)11-14(5-6-15)17(12)2/h3-4,7-8,12,14H,5,9-11H2,1-2H3. The SMILES string of the molecule is CC1CN(Cc2cccnc2)CC(CC#N)N1C. The molecule has 0 radical (unpaired) electrons. The van der Waals surface area contributed by atoms with Crippen molar-refractivity contribution in [3.05, 3.63) is 30.1 Å². The van der Waals surface area contributed by atoms with E-state index >= 15 is 0 Å². The summed E-state index contributed by atoms with van der Waals surface area (Å²) in [5.74, 6) is 0. The fraction of sp³-hybridized carbons (Fsp3) is 0.571. The number of pyridine rings is 1. The van der Waals surface area contributed by atoms with Crippen LogP contribution in [0.3, 0.4) is 0 Å². The predicted octanol–water partition coefficient (Wildman–Crippen LogP) is 1.50. The summed E-state index contributed by atoms with van der Waals surface area (Å²) in [5.41, 5.74) is 1.24. The van der Waals surface area contributed by atoms with Gasteiger partial charge in [0.15, 0.2) is 0 Å². The second kappa shape index (κ2) is 5.94. The van der Waals surface area contributed by atoms with E-state index in [0.29, 0.717) is 18.5 Å². The van der Waals surface area contributed by atoms with Crippen molar-refractivity contribution >= 4 is 0 Å². The van der Waals surface area contributed by atoms with Gasteiger partial charge in [-0.05, 0) is 25.6 Å². The van der Waals surface area contributed by atoms with Crippen molar-refractivity contribution in [1.82, 2.24) is 14.8 Å². The maximum absolute atomic E-state index is 8.89. The predicted molar refractivity (Wildman–Crippen MR) is 70.8 cm³/mol. The summed E-state index contributed by atoms with van der Waals surface area (Å²) in [4.78, 5) is 8.89. The fourth-order valence-corrected chi connectivity index (χ4v) is 2.56. The van der Waals surface area contributed by atoms with Crippen LogP contribution in [0.1, 0.15) is 18.9 Å². The average Bonchev–Trinajstić information content (AvgIpc) is 2.37. The van der Waals surface area contributed by atoms with Gasteiger partial charge in [0, 0.05) is 44.1 Å². The van der Waals surface area contributed by atoms with E-state index in [1.54, 1.807) is 6.20 Å². The number of piperazine rings is 1. The van der Waals surface area contributed by atoms with Crippen molar-refractivity contribution in [2.45, 2.75) is 32.0 Å². The molecule has 0 bridgehead atoms. The number of hydrogen-bond donors (Lipinski definition) is 0. The molecule has 2 rings (SSSR count). The number of rotatable bonds is 3. The molecule has 1 aromatic heterocycles. The van der Waals surface area contributed by atoms with Crippen molar-refractivity contribution in [2.75, 3.05) is 20.1 Å². The molecule has 0 amide bonds. The first-order valence-electron chi connectivity index (χ1n) is 6.41. The number of nitrogens with zero attached hydrogens (tertiary/aromatic N) is 4. The Bertz CT molecular complexity index is 412. The van der Waals surface area contributed by atoms with E-state index in [2.05, 4.69) is 40.9 Å². The first kappa shape index (κ1) is 13.0. The van der Waals surface area contributed by atoms with Crippen molar-refractivity contribution in [2.24, 2.45) is 0 Å². The molecule has 1 aliphatic rings. The molecule has 0 N–H and O–H groups in total. The quantitative estimate of drug-likeness (QED) is 0.808. The molecule has 4 heteroatoms. The van der Waals surface area contributed by atoms with Gasteiger partial charge in [0.05, 0.1) is 12.5 Å². The van der Waals surface area contributed by atoms with Gasteiger partial charge < -0.3 is 0 Å². The van der Waals surface area contributed by atoms with Crippen molar-refractivity contribution in [3.8, 4) is 6.07 Å². The largest absolute Gasteiger partial charge is 0.297 e. The first-order chi connectivity index (χ1) is 8.70. The second-order valence-electron chi connectivity index (χ2n) is 5.09. The fourth-order valence-electron chi connectivity index (χ4n) is 2.56. The molecule has 2 unspecified atom stereocenters. The summed E-state index contributed by atoms with van der Waals surface area (Å²) < 4.78 is 0. The molecule has 96 valence electrons. The van der Waals surface area contributed by atoms with E-state index in [1.165, 1.54) is 5.56 Å². The van der Waals surface area contributed by atoms with Crippen LogP contribution in [0.2, 0.25) is 0 Å². The highest BCUT2D eigenvalue weighted by Crippen LogP contribution is 2.17. The molecule has 2 heterocycles. The van der Waals surface area contributed by atoms with Gasteiger partial charge in [0.25, 0.3) is 0 Å². The molecule has 2 atom stereocenters. The first-order valence-corrected chi connectivity index (χ1v) is 6.41. The van der Waals surface area contributed by atoms with Crippen LogP contribution in [0.25, 0.3) is 0 Å². The lowest BCUT2D eigenvalue weighted by molar-refractivity contribution is 0.0492. The van der Waals surface area contributed by atoms with Gasteiger partial charge in [-0.2, -0.15) is 5.26 Å². The van der Waals surface area contributed by atoms with Crippen LogP contribution in [0.15, 0.2) is 24.5 Å². The Hall–Kier alpha value is -1.44. The molecule has 1 saturated heterocycles. The van der Waals surface area contributed by atoms with Crippen molar-refractivity contribution in [3.63, 3.8) is 0 Å². The van der Waals surface area contributed by atoms with Crippen LogP contribution < -0.4 is 0 Å². The summed E-state index contributed by atoms with van der Waals surface area (Å²) in [6.07, 6.45) is 4.32. The van der Waals surface area contributed by atoms with Gasteiger partial charge >= 0.3 is 0 Å². The summed E-state index contributed by atoms with van der Waals surface area (Å²) in [5, 5.41) is 8.89. The monoisotopic (exact) mass is 244 g/mol. The van der Waals surface area contributed by atoms with Crippen LogP contribution in [0.5, 0.6) is 0 Å². The van der Waals surface area contributed by atoms with Crippen molar-refractivity contribution in [1.29, 1.82) is 5.26 Å². The molecule has 0 aromatic carbocycles. The normalized spacial score (nSPS) is 25.8. The average molecular weight is 244 g/mol. The molecular formula is C14H20N4. The molecule has 4 nitrogen and oxygen atoms in total. The molecule has 1 aromatic rings. The molecule has 1 aliphatic heterocycles. The van der Waals surface area contributed by atoms with Crippen LogP contribution in [-0.2, 0) is 6.54 Å². The van der Waals surface area contributed by atoms with Gasteiger partial charge in [-0.25, -0.2) is 0 Å². The summed E-state index contributed by atoms with van der Waals surface area (Å²) in [6, 6.07) is 7.21. The Morgan fingerprint density at radius 2 is 2.33 bits per heavy atom. The summed E-state index contributed by atoms with van der Waals surface area (Å²) >= 11 is 0. The number of likely N-dealkylation sites (N-methyl/N-ethyl adjacent to an activating group) is 1. The van der Waals surface area contributed by atoms with E-state index in [-0.39, 0.29) is 0 Å². The van der Waals surface area contributed by atoms with Gasteiger partial charge in [-0.15, -0.1) is 0 Å². The van der Waals surface area contributed by atoms with Gasteiger partial charge in [-0.1, -0.05) is 6.07 Å². The highest BCUT2D eigenvalue weighted by molar-refractivity contribution is 5.08. The lowest BCUT2D eigenvalue weighted by Crippen LogP contribution is -2.55. The third-order valence-electron chi connectivity index (χ3n) is 3.72. The smallest absolute Gasteiger partial charge is 0.0638 e. The molecule has 0 saturated carbocycles. The number of aromatic nitrogens is 1. The van der Waals surface area contributed by atoms with Crippen molar-refractivity contribution < 1.29 is 0 Å². The minimum absolute atomic E-state index is 0.343. The van der Waals surface area contributed by atoms with E-state index in [9.17, 15) is 0 Å². The third kappa shape index (κ3) is 3.06. The minimum atomic E-state index is 0.343. The zero-order valence-corrected chi connectivity index (χ0v) is 11.1. The van der Waals surface area contributed by atoms with Gasteiger partial charge in [0.2, 0.25) is 0 Å². The topological polar surface area (TPSA) is 43.2 Å². The maximum Gasteiger partial charge on any atom is 0.0638 e. The van der Waals surface area contributed by atoms with Gasteiger partial charge in [-0.3, -0.25) is 14.8 Å². The molecule has 1 fully saturated rings. The Kier molecular flexibility index (Phi) is 4.29. The van der Waals surface area contributed by atoms with E-state index in [4.69, 9.17) is 5.26 Å². The summed E-state index contributed by atoms with van der Waals surface area (Å²) in [6.45, 7) is 5.16. The Balaban J connectivity index is 2.00. The van der Waals surface area contributed by atoms with Crippen LogP contribution in [-0.4, -0.2) is 47.0 Å². The Morgan fingerprint density at radius 3 is 3.00 bits per heavy atom. The molecule has 0 spiro atoms. The van der Waals surface area contributed by atoms with E-state index < -0.39 is 0 Å². The zero-order valence-electron chi connectivity index (χ0n) is 11.1.